The molecular formula is C25H24Cl2N2O3. The molecule has 0 aliphatic carbocycles. The number of halogens is 2. The van der Waals surface area contributed by atoms with E-state index in [0.717, 1.165) is 28.2 Å². The Morgan fingerprint density at radius 2 is 1.84 bits per heavy atom. The van der Waals surface area contributed by atoms with Gasteiger partial charge in [-0.05, 0) is 55.0 Å². The van der Waals surface area contributed by atoms with E-state index < -0.39 is 6.17 Å². The highest BCUT2D eigenvalue weighted by molar-refractivity contribution is 6.35. The van der Waals surface area contributed by atoms with Crippen molar-refractivity contribution in [1.29, 1.82) is 0 Å². The van der Waals surface area contributed by atoms with Gasteiger partial charge in [0.1, 0.15) is 11.9 Å². The van der Waals surface area contributed by atoms with E-state index in [9.17, 15) is 5.11 Å². The molecule has 0 bridgehead atoms. The molecular weight excluding hydrogens is 447 g/mol. The van der Waals surface area contributed by atoms with Crippen molar-refractivity contribution in [1.82, 2.24) is 5.32 Å². The van der Waals surface area contributed by atoms with Crippen LogP contribution in [0.4, 0.5) is 0 Å². The van der Waals surface area contributed by atoms with Crippen LogP contribution in [0.25, 0.3) is 0 Å². The van der Waals surface area contributed by atoms with Crippen LogP contribution in [0, 0.1) is 0 Å². The van der Waals surface area contributed by atoms with Gasteiger partial charge in [0.2, 0.25) is 0 Å². The summed E-state index contributed by atoms with van der Waals surface area (Å²) in [5.41, 5.74) is 3.43. The number of para-hydroxylation sites is 1. The molecule has 1 heterocycles. The van der Waals surface area contributed by atoms with Crippen molar-refractivity contribution < 1.29 is 14.6 Å². The van der Waals surface area contributed by atoms with Gasteiger partial charge in [-0.15, -0.1) is 0 Å². The zero-order valence-electron chi connectivity index (χ0n) is 17.8. The van der Waals surface area contributed by atoms with Crippen molar-refractivity contribution in [2.24, 2.45) is 4.99 Å². The third kappa shape index (κ3) is 4.70. The maximum Gasteiger partial charge on any atom is 0.162 e. The topological polar surface area (TPSA) is 63.1 Å². The Bertz CT molecular complexity index is 1130. The van der Waals surface area contributed by atoms with Crippen LogP contribution in [-0.4, -0.2) is 24.5 Å². The van der Waals surface area contributed by atoms with Crippen LogP contribution in [-0.2, 0) is 0 Å². The van der Waals surface area contributed by atoms with Crippen LogP contribution in [0.1, 0.15) is 42.2 Å². The van der Waals surface area contributed by atoms with E-state index in [1.165, 1.54) is 0 Å². The first-order valence-corrected chi connectivity index (χ1v) is 11.1. The molecule has 2 N–H and O–H groups in total. The molecule has 0 amide bonds. The summed E-state index contributed by atoms with van der Waals surface area (Å²) in [4.78, 5) is 4.96. The number of phenolic OH excluding ortho intramolecular Hbond substituents is 1. The number of hydrogen-bond acceptors (Lipinski definition) is 5. The first-order chi connectivity index (χ1) is 15.5. The van der Waals surface area contributed by atoms with E-state index in [1.54, 1.807) is 25.3 Å². The summed E-state index contributed by atoms with van der Waals surface area (Å²) < 4.78 is 10.9. The second kappa shape index (κ2) is 9.82. The van der Waals surface area contributed by atoms with Crippen molar-refractivity contribution in [3.63, 3.8) is 0 Å². The second-order valence-electron chi connectivity index (χ2n) is 7.42. The molecule has 0 aromatic heterocycles. The Labute approximate surface area is 197 Å². The van der Waals surface area contributed by atoms with E-state index in [4.69, 9.17) is 37.7 Å². The maximum absolute atomic E-state index is 10.9. The molecule has 1 aliphatic rings. The Hall–Kier alpha value is -2.73. The van der Waals surface area contributed by atoms with Gasteiger partial charge in [0.05, 0.1) is 13.7 Å². The van der Waals surface area contributed by atoms with Crippen LogP contribution in [0.5, 0.6) is 17.2 Å². The lowest BCUT2D eigenvalue weighted by atomic mass is 9.93. The predicted molar refractivity (Wildman–Crippen MR) is 129 cm³/mol. The molecule has 7 heteroatoms. The van der Waals surface area contributed by atoms with Crippen LogP contribution in [0.2, 0.25) is 10.0 Å². The van der Waals surface area contributed by atoms with Crippen molar-refractivity contribution in [3.05, 3.63) is 87.4 Å². The van der Waals surface area contributed by atoms with Crippen molar-refractivity contribution in [2.75, 3.05) is 13.7 Å². The second-order valence-corrected chi connectivity index (χ2v) is 8.27. The fourth-order valence-corrected chi connectivity index (χ4v) is 4.35. The standard InChI is InChI=1S/C25H24Cl2N2O3/c1-3-32-23-6-4-5-19(24(23)30)22-14-21(15-7-10-17(31-2)11-8-15)28-25(29-22)18-12-9-16(26)13-20(18)27/h4-13,22,25,29-30H,3,14H2,1-2H3/t22-,25-/m0/s1. The van der Waals surface area contributed by atoms with Crippen LogP contribution in [0.3, 0.4) is 0 Å². The number of benzene rings is 3. The number of hydrogen-bond donors (Lipinski definition) is 2. The zero-order valence-corrected chi connectivity index (χ0v) is 19.3. The van der Waals surface area contributed by atoms with Gasteiger partial charge < -0.3 is 14.6 Å². The molecule has 0 radical (unpaired) electrons. The van der Waals surface area contributed by atoms with Crippen LogP contribution >= 0.6 is 23.2 Å². The molecule has 0 saturated heterocycles. The fraction of sp³-hybridized carbons (Fsp3) is 0.240. The Kier molecular flexibility index (Phi) is 6.89. The number of nitrogens with one attached hydrogen (secondary N) is 1. The predicted octanol–water partition coefficient (Wildman–Crippen LogP) is 6.33. The maximum atomic E-state index is 10.9. The van der Waals surface area contributed by atoms with Gasteiger partial charge in [-0.1, -0.05) is 41.4 Å². The Balaban J connectivity index is 1.77. The summed E-state index contributed by atoms with van der Waals surface area (Å²) in [6, 6.07) is 18.5. The average Bonchev–Trinajstić information content (AvgIpc) is 2.80. The third-order valence-electron chi connectivity index (χ3n) is 5.43. The molecule has 3 aromatic rings. The lowest BCUT2D eigenvalue weighted by Crippen LogP contribution is -2.33. The minimum absolute atomic E-state index is 0.129. The average molecular weight is 471 g/mol. The summed E-state index contributed by atoms with van der Waals surface area (Å²) in [6.07, 6.45) is 0.169. The van der Waals surface area contributed by atoms with E-state index in [1.807, 2.05) is 49.4 Å². The molecule has 166 valence electrons. The molecule has 0 unspecified atom stereocenters. The number of methoxy groups -OCH3 is 1. The van der Waals surface area contributed by atoms with Gasteiger partial charge in [-0.25, -0.2) is 0 Å². The minimum atomic E-state index is -0.411. The van der Waals surface area contributed by atoms with E-state index in [2.05, 4.69) is 5.32 Å². The summed E-state index contributed by atoms with van der Waals surface area (Å²) in [7, 11) is 1.64. The quantitative estimate of drug-likeness (QED) is 0.441. The first-order valence-electron chi connectivity index (χ1n) is 10.4. The highest BCUT2D eigenvalue weighted by Gasteiger charge is 2.29. The normalized spacial score (nSPS) is 18.2. The number of phenols is 1. The Morgan fingerprint density at radius 3 is 2.53 bits per heavy atom. The summed E-state index contributed by atoms with van der Waals surface area (Å²) in [5, 5.41) is 15.5. The van der Waals surface area contributed by atoms with Crippen LogP contribution in [0.15, 0.2) is 65.7 Å². The monoisotopic (exact) mass is 470 g/mol. The highest BCUT2D eigenvalue weighted by atomic mass is 35.5. The molecule has 2 atom stereocenters. The van der Waals surface area contributed by atoms with Gasteiger partial charge in [-0.3, -0.25) is 10.3 Å². The van der Waals surface area contributed by atoms with Gasteiger partial charge in [-0.2, -0.15) is 0 Å². The number of ether oxygens (including phenoxy) is 2. The van der Waals surface area contributed by atoms with E-state index >= 15 is 0 Å². The third-order valence-corrected chi connectivity index (χ3v) is 5.99. The minimum Gasteiger partial charge on any atom is -0.504 e. The number of aromatic hydroxyl groups is 1. The molecule has 0 spiro atoms. The molecule has 0 fully saturated rings. The van der Waals surface area contributed by atoms with Gasteiger partial charge in [0.25, 0.3) is 0 Å². The summed E-state index contributed by atoms with van der Waals surface area (Å²) in [6.45, 7) is 2.36. The smallest absolute Gasteiger partial charge is 0.162 e. The molecule has 0 saturated carbocycles. The van der Waals surface area contributed by atoms with Gasteiger partial charge in [0.15, 0.2) is 11.5 Å². The lowest BCUT2D eigenvalue weighted by molar-refractivity contribution is 0.313. The number of rotatable bonds is 6. The molecule has 32 heavy (non-hydrogen) atoms. The summed E-state index contributed by atoms with van der Waals surface area (Å²) >= 11 is 12.6. The van der Waals surface area contributed by atoms with Gasteiger partial charge >= 0.3 is 0 Å². The largest absolute Gasteiger partial charge is 0.504 e. The summed E-state index contributed by atoms with van der Waals surface area (Å²) in [5.74, 6) is 1.37. The van der Waals surface area contributed by atoms with Gasteiger partial charge in [0, 0.05) is 39.3 Å². The molecule has 1 aliphatic heterocycles. The fourth-order valence-electron chi connectivity index (χ4n) is 3.84. The molecule has 3 aromatic carbocycles. The van der Waals surface area contributed by atoms with Crippen molar-refractivity contribution in [2.45, 2.75) is 25.6 Å². The van der Waals surface area contributed by atoms with Crippen molar-refractivity contribution >= 4 is 28.9 Å². The number of nitrogens with zero attached hydrogens (tertiary/aromatic N) is 1. The lowest BCUT2D eigenvalue weighted by Gasteiger charge is -2.31. The van der Waals surface area contributed by atoms with E-state index in [0.29, 0.717) is 28.8 Å². The van der Waals surface area contributed by atoms with E-state index in [-0.39, 0.29) is 11.8 Å². The SMILES string of the molecule is CCOc1cccc([C@@H]2CC(c3ccc(OC)cc3)=N[C@H](c3ccc(Cl)cc3Cl)N2)c1O. The number of aliphatic imine (C=N–C) groups is 1. The molecule has 5 nitrogen and oxygen atoms in total. The van der Waals surface area contributed by atoms with Crippen LogP contribution < -0.4 is 14.8 Å². The Morgan fingerprint density at radius 1 is 1.06 bits per heavy atom. The molecule has 4 rings (SSSR count). The first kappa shape index (κ1) is 22.5. The van der Waals surface area contributed by atoms with Crippen molar-refractivity contribution in [3.8, 4) is 17.2 Å². The highest BCUT2D eigenvalue weighted by Crippen LogP contribution is 2.40. The zero-order chi connectivity index (χ0) is 22.7.